The molecular formula is C58H45N. The van der Waals surface area contributed by atoms with E-state index in [1.54, 1.807) is 0 Å². The van der Waals surface area contributed by atoms with Crippen LogP contribution in [0.5, 0.6) is 0 Å². The molecule has 3 aliphatic carbocycles. The van der Waals surface area contributed by atoms with Crippen LogP contribution in [0, 0.1) is 0 Å². The highest BCUT2D eigenvalue weighted by atomic mass is 15.2. The van der Waals surface area contributed by atoms with Crippen LogP contribution in [0.3, 0.4) is 0 Å². The molecule has 282 valence electrons. The fourth-order valence-corrected chi connectivity index (χ4v) is 10.5. The number of rotatable bonds is 7. The molecule has 0 bridgehead atoms. The van der Waals surface area contributed by atoms with E-state index in [0.29, 0.717) is 0 Å². The number of nitrogens with zero attached hydrogens (tertiary/aromatic N) is 1. The van der Waals surface area contributed by atoms with E-state index in [4.69, 9.17) is 0 Å². The van der Waals surface area contributed by atoms with Crippen molar-refractivity contribution in [3.8, 4) is 33.4 Å². The van der Waals surface area contributed by atoms with E-state index in [-0.39, 0.29) is 5.41 Å². The summed E-state index contributed by atoms with van der Waals surface area (Å²) >= 11 is 0. The summed E-state index contributed by atoms with van der Waals surface area (Å²) in [5, 5.41) is 0. The number of benzene rings is 8. The lowest BCUT2D eigenvalue weighted by Gasteiger charge is -2.35. The zero-order chi connectivity index (χ0) is 39.6. The van der Waals surface area contributed by atoms with Crippen LogP contribution in [0.25, 0.3) is 39.0 Å². The first-order chi connectivity index (χ1) is 29.0. The molecule has 3 aliphatic rings. The van der Waals surface area contributed by atoms with Crippen LogP contribution in [0.15, 0.2) is 218 Å². The summed E-state index contributed by atoms with van der Waals surface area (Å²) in [5.41, 5.74) is 21.1. The number of anilines is 2. The molecule has 0 fully saturated rings. The molecule has 0 N–H and O–H groups in total. The number of fused-ring (bicyclic) bond motifs is 6. The Morgan fingerprint density at radius 2 is 0.898 bits per heavy atom. The average Bonchev–Trinajstić information content (AvgIpc) is 3.73. The monoisotopic (exact) mass is 755 g/mol. The molecule has 0 aromatic heterocycles. The fourth-order valence-electron chi connectivity index (χ4n) is 10.5. The minimum Gasteiger partial charge on any atom is -0.310 e. The topological polar surface area (TPSA) is 3.24 Å². The number of hydrogen-bond acceptors (Lipinski definition) is 1. The Bertz CT molecular complexity index is 2910. The van der Waals surface area contributed by atoms with Gasteiger partial charge in [-0.05, 0) is 115 Å². The van der Waals surface area contributed by atoms with Gasteiger partial charge in [-0.3, -0.25) is 0 Å². The SMILES string of the molecule is CC1(C)c2ccccc2-c2ccc(N(C3=CCCC=C3c3cccc(-c4ccccc4)c3)c3ccc4c(c3)-c3ccccc3C4(c3ccccc3)c3ccccc3)cc21. The normalized spacial score (nSPS) is 15.3. The second-order valence-corrected chi connectivity index (χ2v) is 16.7. The quantitative estimate of drug-likeness (QED) is 0.157. The standard InChI is InChI=1S/C58H45N/c1-57(2)52-30-15-12-28-48(52)50-35-33-46(39-55(50)57)59(56-32-17-14-27-47(56)42-22-18-21-41(37-42)40-19-6-3-7-20-40)45-34-36-54-51(38-45)49-29-13-16-31-53(49)58(54,43-23-8-4-9-24-43)44-25-10-5-11-26-44/h3-13,15-16,18-39H,14,17H2,1-2H3. The summed E-state index contributed by atoms with van der Waals surface area (Å²) < 4.78 is 0. The predicted octanol–water partition coefficient (Wildman–Crippen LogP) is 14.9. The van der Waals surface area contributed by atoms with E-state index in [0.717, 1.165) is 18.5 Å². The zero-order valence-corrected chi connectivity index (χ0v) is 33.6. The third-order valence-electron chi connectivity index (χ3n) is 13.2. The summed E-state index contributed by atoms with van der Waals surface area (Å²) in [6.45, 7) is 4.76. The maximum Gasteiger partial charge on any atom is 0.0713 e. The van der Waals surface area contributed by atoms with Gasteiger partial charge in [-0.2, -0.15) is 0 Å². The number of allylic oxidation sites excluding steroid dienone is 3. The summed E-state index contributed by atoms with van der Waals surface area (Å²) in [5.74, 6) is 0. The van der Waals surface area contributed by atoms with Gasteiger partial charge in [0, 0.05) is 28.1 Å². The van der Waals surface area contributed by atoms with Gasteiger partial charge in [-0.15, -0.1) is 0 Å². The van der Waals surface area contributed by atoms with E-state index in [1.165, 1.54) is 89.3 Å². The van der Waals surface area contributed by atoms with Gasteiger partial charge in [0.15, 0.2) is 0 Å². The zero-order valence-electron chi connectivity index (χ0n) is 33.6. The van der Waals surface area contributed by atoms with E-state index >= 15 is 0 Å². The Morgan fingerprint density at radius 1 is 0.373 bits per heavy atom. The largest absolute Gasteiger partial charge is 0.310 e. The minimum absolute atomic E-state index is 0.126. The van der Waals surface area contributed by atoms with Gasteiger partial charge >= 0.3 is 0 Å². The molecule has 0 saturated heterocycles. The Hall–Kier alpha value is -6.96. The molecule has 0 aliphatic heterocycles. The lowest BCUT2D eigenvalue weighted by atomic mass is 9.68. The van der Waals surface area contributed by atoms with Gasteiger partial charge in [-0.25, -0.2) is 0 Å². The molecule has 11 rings (SSSR count). The van der Waals surface area contributed by atoms with Gasteiger partial charge in [0.2, 0.25) is 0 Å². The molecule has 1 heteroatoms. The van der Waals surface area contributed by atoms with Gasteiger partial charge in [0.25, 0.3) is 0 Å². The van der Waals surface area contributed by atoms with Crippen molar-refractivity contribution in [1.29, 1.82) is 0 Å². The highest BCUT2D eigenvalue weighted by molar-refractivity contribution is 5.94. The first-order valence-corrected chi connectivity index (χ1v) is 21.0. The second-order valence-electron chi connectivity index (χ2n) is 16.7. The summed E-state index contributed by atoms with van der Waals surface area (Å²) in [4.78, 5) is 2.55. The van der Waals surface area contributed by atoms with Crippen molar-refractivity contribution in [1.82, 2.24) is 0 Å². The van der Waals surface area contributed by atoms with E-state index in [9.17, 15) is 0 Å². The Balaban J connectivity index is 1.13. The molecule has 0 unspecified atom stereocenters. The molecular weight excluding hydrogens is 711 g/mol. The number of hydrogen-bond donors (Lipinski definition) is 0. The fraction of sp³-hybridized carbons (Fsp3) is 0.103. The third-order valence-corrected chi connectivity index (χ3v) is 13.2. The van der Waals surface area contributed by atoms with Crippen LogP contribution in [-0.4, -0.2) is 0 Å². The third kappa shape index (κ3) is 5.45. The lowest BCUT2D eigenvalue weighted by molar-refractivity contribution is 0.660. The summed E-state index contributed by atoms with van der Waals surface area (Å²) in [6.07, 6.45) is 6.91. The highest BCUT2D eigenvalue weighted by Gasteiger charge is 2.46. The van der Waals surface area contributed by atoms with Gasteiger partial charge < -0.3 is 4.90 Å². The van der Waals surface area contributed by atoms with Gasteiger partial charge in [-0.1, -0.05) is 196 Å². The molecule has 8 aromatic rings. The average molecular weight is 756 g/mol. The Labute approximate surface area is 348 Å². The second kappa shape index (κ2) is 13.9. The van der Waals surface area contributed by atoms with Crippen molar-refractivity contribution in [3.05, 3.63) is 257 Å². The summed E-state index contributed by atoms with van der Waals surface area (Å²) in [6, 6.07) is 74.5. The predicted molar refractivity (Wildman–Crippen MR) is 247 cm³/mol. The molecule has 0 amide bonds. The Morgan fingerprint density at radius 3 is 1.63 bits per heavy atom. The van der Waals surface area contributed by atoms with Crippen molar-refractivity contribution >= 4 is 16.9 Å². The van der Waals surface area contributed by atoms with Gasteiger partial charge in [0.05, 0.1) is 5.41 Å². The first kappa shape index (κ1) is 35.2. The molecule has 0 spiro atoms. The molecule has 0 heterocycles. The van der Waals surface area contributed by atoms with Crippen molar-refractivity contribution in [3.63, 3.8) is 0 Å². The van der Waals surface area contributed by atoms with Crippen LogP contribution >= 0.6 is 0 Å². The Kier molecular flexibility index (Phi) is 8.27. The molecule has 0 atom stereocenters. The van der Waals surface area contributed by atoms with E-state index < -0.39 is 5.41 Å². The van der Waals surface area contributed by atoms with Crippen molar-refractivity contribution in [2.75, 3.05) is 4.90 Å². The molecule has 1 nitrogen and oxygen atoms in total. The van der Waals surface area contributed by atoms with E-state index in [1.807, 2.05) is 0 Å². The van der Waals surface area contributed by atoms with E-state index in [2.05, 4.69) is 231 Å². The minimum atomic E-state index is -0.450. The highest BCUT2D eigenvalue weighted by Crippen LogP contribution is 2.58. The molecule has 0 saturated carbocycles. The van der Waals surface area contributed by atoms with Crippen LogP contribution in [0.4, 0.5) is 11.4 Å². The first-order valence-electron chi connectivity index (χ1n) is 21.0. The van der Waals surface area contributed by atoms with Crippen molar-refractivity contribution in [2.24, 2.45) is 0 Å². The van der Waals surface area contributed by atoms with Crippen molar-refractivity contribution in [2.45, 2.75) is 37.5 Å². The lowest BCUT2D eigenvalue weighted by Crippen LogP contribution is -2.28. The van der Waals surface area contributed by atoms with Crippen LogP contribution in [-0.2, 0) is 10.8 Å². The molecule has 0 radical (unpaired) electrons. The van der Waals surface area contributed by atoms with Gasteiger partial charge in [0.1, 0.15) is 0 Å². The maximum atomic E-state index is 2.55. The van der Waals surface area contributed by atoms with Crippen LogP contribution < -0.4 is 4.90 Å². The molecule has 59 heavy (non-hydrogen) atoms. The molecule has 8 aromatic carbocycles. The van der Waals surface area contributed by atoms with Crippen LogP contribution in [0.1, 0.15) is 65.6 Å². The summed E-state index contributed by atoms with van der Waals surface area (Å²) in [7, 11) is 0. The van der Waals surface area contributed by atoms with Crippen molar-refractivity contribution < 1.29 is 0 Å². The smallest absolute Gasteiger partial charge is 0.0713 e. The van der Waals surface area contributed by atoms with Crippen LogP contribution in [0.2, 0.25) is 0 Å². The maximum absolute atomic E-state index is 2.55.